The van der Waals surface area contributed by atoms with Crippen molar-refractivity contribution in [3.05, 3.63) is 46.5 Å². The SMILES string of the molecule is Cc1nc(N2CCC(c3ccccc3)C2)sc1CN. The Morgan fingerprint density at radius 3 is 2.84 bits per heavy atom. The lowest BCUT2D eigenvalue weighted by molar-refractivity contribution is 0.775. The summed E-state index contributed by atoms with van der Waals surface area (Å²) in [5, 5.41) is 1.14. The van der Waals surface area contributed by atoms with Crippen LogP contribution in [0.25, 0.3) is 0 Å². The van der Waals surface area contributed by atoms with Gasteiger partial charge in [-0.2, -0.15) is 0 Å². The van der Waals surface area contributed by atoms with E-state index in [1.54, 1.807) is 11.3 Å². The van der Waals surface area contributed by atoms with E-state index in [1.165, 1.54) is 16.9 Å². The van der Waals surface area contributed by atoms with Crippen molar-refractivity contribution in [2.24, 2.45) is 5.73 Å². The van der Waals surface area contributed by atoms with E-state index in [0.29, 0.717) is 12.5 Å². The third kappa shape index (κ3) is 2.51. The molecular formula is C15H19N3S. The molecule has 1 aromatic carbocycles. The van der Waals surface area contributed by atoms with Crippen LogP contribution in [0.4, 0.5) is 5.13 Å². The molecule has 0 radical (unpaired) electrons. The smallest absolute Gasteiger partial charge is 0.185 e. The topological polar surface area (TPSA) is 42.2 Å². The number of hydrogen-bond acceptors (Lipinski definition) is 4. The number of hydrogen-bond donors (Lipinski definition) is 1. The first-order chi connectivity index (χ1) is 9.28. The van der Waals surface area contributed by atoms with E-state index < -0.39 is 0 Å². The Labute approximate surface area is 118 Å². The van der Waals surface area contributed by atoms with Crippen LogP contribution in [0, 0.1) is 6.92 Å². The van der Waals surface area contributed by atoms with Crippen molar-refractivity contribution in [3.8, 4) is 0 Å². The minimum Gasteiger partial charge on any atom is -0.347 e. The van der Waals surface area contributed by atoms with Gasteiger partial charge < -0.3 is 10.6 Å². The Morgan fingerprint density at radius 2 is 2.16 bits per heavy atom. The second-order valence-electron chi connectivity index (χ2n) is 5.05. The molecule has 0 amide bonds. The zero-order valence-electron chi connectivity index (χ0n) is 11.2. The predicted octanol–water partition coefficient (Wildman–Crippen LogP) is 2.90. The number of aromatic nitrogens is 1. The van der Waals surface area contributed by atoms with Gasteiger partial charge in [-0.1, -0.05) is 30.3 Å². The van der Waals surface area contributed by atoms with E-state index >= 15 is 0 Å². The summed E-state index contributed by atoms with van der Waals surface area (Å²) in [6.45, 7) is 4.81. The molecular weight excluding hydrogens is 254 g/mol. The van der Waals surface area contributed by atoms with Gasteiger partial charge in [0.15, 0.2) is 5.13 Å². The van der Waals surface area contributed by atoms with Crippen LogP contribution in [-0.4, -0.2) is 18.1 Å². The van der Waals surface area contributed by atoms with Crippen molar-refractivity contribution < 1.29 is 0 Å². The van der Waals surface area contributed by atoms with Crippen molar-refractivity contribution in [1.29, 1.82) is 0 Å². The molecule has 2 N–H and O–H groups in total. The zero-order valence-corrected chi connectivity index (χ0v) is 12.0. The highest BCUT2D eigenvalue weighted by Gasteiger charge is 2.26. The van der Waals surface area contributed by atoms with Gasteiger partial charge in [0.05, 0.1) is 5.69 Å². The number of anilines is 1. The van der Waals surface area contributed by atoms with Gasteiger partial charge in [-0.05, 0) is 18.9 Å². The Kier molecular flexibility index (Phi) is 3.53. The van der Waals surface area contributed by atoms with Gasteiger partial charge in [0.25, 0.3) is 0 Å². The molecule has 2 aromatic rings. The predicted molar refractivity (Wildman–Crippen MR) is 80.8 cm³/mol. The third-order valence-electron chi connectivity index (χ3n) is 3.80. The van der Waals surface area contributed by atoms with Crippen LogP contribution in [0.5, 0.6) is 0 Å². The molecule has 0 spiro atoms. The molecule has 1 atom stereocenters. The Balaban J connectivity index is 1.75. The summed E-state index contributed by atoms with van der Waals surface area (Å²) >= 11 is 1.74. The van der Waals surface area contributed by atoms with Crippen molar-refractivity contribution in [3.63, 3.8) is 0 Å². The van der Waals surface area contributed by atoms with Crippen LogP contribution < -0.4 is 10.6 Å². The van der Waals surface area contributed by atoms with E-state index in [-0.39, 0.29) is 0 Å². The lowest BCUT2D eigenvalue weighted by atomic mass is 9.99. The molecule has 1 unspecified atom stereocenters. The lowest BCUT2D eigenvalue weighted by Crippen LogP contribution is -2.18. The minimum absolute atomic E-state index is 0.597. The number of benzene rings is 1. The van der Waals surface area contributed by atoms with E-state index in [2.05, 4.69) is 40.2 Å². The van der Waals surface area contributed by atoms with Crippen LogP contribution in [-0.2, 0) is 6.54 Å². The van der Waals surface area contributed by atoms with Crippen molar-refractivity contribution in [1.82, 2.24) is 4.98 Å². The standard InChI is InChI=1S/C15H19N3S/c1-11-14(9-16)19-15(17-11)18-8-7-13(10-18)12-5-3-2-4-6-12/h2-6,13H,7-10,16H2,1H3. The summed E-state index contributed by atoms with van der Waals surface area (Å²) in [5.41, 5.74) is 8.26. The summed E-state index contributed by atoms with van der Waals surface area (Å²) < 4.78 is 0. The van der Waals surface area contributed by atoms with E-state index in [4.69, 9.17) is 5.73 Å². The van der Waals surface area contributed by atoms with Crippen molar-refractivity contribution in [2.75, 3.05) is 18.0 Å². The van der Waals surface area contributed by atoms with E-state index in [0.717, 1.165) is 23.9 Å². The fourth-order valence-corrected chi connectivity index (χ4v) is 3.64. The molecule has 0 aliphatic carbocycles. The van der Waals surface area contributed by atoms with Gasteiger partial charge in [0.2, 0.25) is 0 Å². The summed E-state index contributed by atoms with van der Waals surface area (Å²) in [6.07, 6.45) is 1.21. The minimum atomic E-state index is 0.597. The van der Waals surface area contributed by atoms with Gasteiger partial charge in [0, 0.05) is 30.4 Å². The maximum Gasteiger partial charge on any atom is 0.185 e. The summed E-state index contributed by atoms with van der Waals surface area (Å²) in [6, 6.07) is 10.8. The molecule has 0 bridgehead atoms. The second-order valence-corrected chi connectivity index (χ2v) is 6.11. The molecule has 3 rings (SSSR count). The number of thiazole rings is 1. The van der Waals surface area contributed by atoms with Gasteiger partial charge >= 0.3 is 0 Å². The fourth-order valence-electron chi connectivity index (χ4n) is 2.67. The van der Waals surface area contributed by atoms with Gasteiger partial charge in [0.1, 0.15) is 0 Å². The van der Waals surface area contributed by atoms with Gasteiger partial charge in [-0.15, -0.1) is 11.3 Å². The molecule has 1 saturated heterocycles. The first-order valence-corrected chi connectivity index (χ1v) is 7.56. The molecule has 1 aliphatic rings. The highest BCUT2D eigenvalue weighted by atomic mass is 32.1. The monoisotopic (exact) mass is 273 g/mol. The molecule has 1 aliphatic heterocycles. The number of rotatable bonds is 3. The number of nitrogens with zero attached hydrogens (tertiary/aromatic N) is 2. The van der Waals surface area contributed by atoms with Gasteiger partial charge in [-0.3, -0.25) is 0 Å². The maximum absolute atomic E-state index is 5.73. The largest absolute Gasteiger partial charge is 0.347 e. The second kappa shape index (κ2) is 5.31. The van der Waals surface area contributed by atoms with Crippen LogP contribution in [0.1, 0.15) is 28.5 Å². The average Bonchev–Trinajstić information content (AvgIpc) is 3.06. The van der Waals surface area contributed by atoms with Crippen LogP contribution in [0.2, 0.25) is 0 Å². The third-order valence-corrected chi connectivity index (χ3v) is 5.04. The Hall–Kier alpha value is -1.39. The molecule has 4 heteroatoms. The van der Waals surface area contributed by atoms with Crippen LogP contribution >= 0.6 is 11.3 Å². The molecule has 1 aromatic heterocycles. The number of aryl methyl sites for hydroxylation is 1. The van der Waals surface area contributed by atoms with Crippen molar-refractivity contribution in [2.45, 2.75) is 25.8 Å². The summed E-state index contributed by atoms with van der Waals surface area (Å²) in [7, 11) is 0. The maximum atomic E-state index is 5.73. The summed E-state index contributed by atoms with van der Waals surface area (Å²) in [4.78, 5) is 8.26. The quantitative estimate of drug-likeness (QED) is 0.935. The Bertz CT molecular complexity index is 550. The molecule has 19 heavy (non-hydrogen) atoms. The highest BCUT2D eigenvalue weighted by Crippen LogP contribution is 2.33. The average molecular weight is 273 g/mol. The molecule has 0 saturated carbocycles. The van der Waals surface area contributed by atoms with Gasteiger partial charge in [-0.25, -0.2) is 4.98 Å². The molecule has 1 fully saturated rings. The summed E-state index contributed by atoms with van der Waals surface area (Å²) in [5.74, 6) is 0.631. The van der Waals surface area contributed by atoms with Crippen LogP contribution in [0.3, 0.4) is 0 Å². The van der Waals surface area contributed by atoms with E-state index in [9.17, 15) is 0 Å². The van der Waals surface area contributed by atoms with Crippen LogP contribution in [0.15, 0.2) is 30.3 Å². The Morgan fingerprint density at radius 1 is 1.37 bits per heavy atom. The highest BCUT2D eigenvalue weighted by molar-refractivity contribution is 7.15. The normalized spacial score (nSPS) is 19.1. The molecule has 3 nitrogen and oxygen atoms in total. The molecule has 2 heterocycles. The number of nitrogens with two attached hydrogens (primary N) is 1. The van der Waals surface area contributed by atoms with E-state index in [1.807, 2.05) is 6.92 Å². The van der Waals surface area contributed by atoms with Crippen molar-refractivity contribution >= 4 is 16.5 Å². The zero-order chi connectivity index (χ0) is 13.2. The first kappa shape index (κ1) is 12.6. The fraction of sp³-hybridized carbons (Fsp3) is 0.400. The molecule has 100 valence electrons. The first-order valence-electron chi connectivity index (χ1n) is 6.74. The lowest BCUT2D eigenvalue weighted by Gasteiger charge is -2.15.